The van der Waals surface area contributed by atoms with Crippen molar-refractivity contribution in [3.8, 4) is 0 Å². The van der Waals surface area contributed by atoms with Crippen LogP contribution in [0.3, 0.4) is 0 Å². The Morgan fingerprint density at radius 1 is 1.09 bits per heavy atom. The van der Waals surface area contributed by atoms with E-state index in [1.807, 2.05) is 45.5 Å². The second-order valence-electron chi connectivity index (χ2n) is 1.85. The van der Waals surface area contributed by atoms with Crippen molar-refractivity contribution < 1.29 is 0 Å². The van der Waals surface area contributed by atoms with Gasteiger partial charge in [0, 0.05) is 19.4 Å². The summed E-state index contributed by atoms with van der Waals surface area (Å²) in [5.74, 6) is 0. The van der Waals surface area contributed by atoms with Gasteiger partial charge in [-0.25, -0.2) is 0 Å². The first-order valence-electron chi connectivity index (χ1n) is 4.37. The average Bonchev–Trinajstić information content (AvgIpc) is 2.43. The van der Waals surface area contributed by atoms with Crippen LogP contribution in [-0.2, 0) is 7.05 Å². The molecule has 0 amide bonds. The quantitative estimate of drug-likeness (QED) is 0.541. The van der Waals surface area contributed by atoms with E-state index in [1.165, 1.54) is 5.56 Å². The number of rotatable bonds is 0. The molecule has 0 radical (unpaired) electrons. The molecule has 66 valence electrons. The van der Waals surface area contributed by atoms with Gasteiger partial charge < -0.3 is 4.57 Å². The molecule has 1 aromatic rings. The van der Waals surface area contributed by atoms with Gasteiger partial charge in [-0.2, -0.15) is 0 Å². The minimum atomic E-state index is 1.32. The van der Waals surface area contributed by atoms with E-state index in [4.69, 9.17) is 0 Å². The zero-order valence-corrected chi connectivity index (χ0v) is 8.68. The lowest BCUT2D eigenvalue weighted by Gasteiger charge is -1.80. The van der Waals surface area contributed by atoms with Crippen molar-refractivity contribution >= 4 is 0 Å². The van der Waals surface area contributed by atoms with Crippen LogP contribution < -0.4 is 0 Å². The highest BCUT2D eigenvalue weighted by Crippen LogP contribution is 1.93. The van der Waals surface area contributed by atoms with E-state index in [1.54, 1.807) is 0 Å². The normalized spacial score (nSPS) is 7.09. The first-order chi connectivity index (χ1) is 5.29. The zero-order valence-electron chi connectivity index (χ0n) is 8.68. The Balaban J connectivity index is 0. The molecule has 0 aliphatic heterocycles. The maximum atomic E-state index is 2.08. The van der Waals surface area contributed by atoms with Crippen LogP contribution in [0, 0.1) is 6.92 Å². The molecule has 0 bridgehead atoms. The number of aryl methyl sites for hydroxylation is 2. The fourth-order valence-corrected chi connectivity index (χ4v) is 0.642. The molecule has 0 unspecified atom stereocenters. The molecular formula is C10H21N. The number of hydrogen-bond acceptors (Lipinski definition) is 0. The molecule has 1 aromatic heterocycles. The van der Waals surface area contributed by atoms with Gasteiger partial charge in [0.05, 0.1) is 0 Å². The summed E-state index contributed by atoms with van der Waals surface area (Å²) in [6.45, 7) is 10.1. The second kappa shape index (κ2) is 9.28. The third-order valence-electron chi connectivity index (χ3n) is 0.980. The summed E-state index contributed by atoms with van der Waals surface area (Å²) < 4.78 is 2.04. The van der Waals surface area contributed by atoms with Crippen molar-refractivity contribution in [3.63, 3.8) is 0 Å². The summed E-state index contributed by atoms with van der Waals surface area (Å²) >= 11 is 0. The van der Waals surface area contributed by atoms with E-state index >= 15 is 0 Å². The summed E-state index contributed by atoms with van der Waals surface area (Å²) in [6.07, 6.45) is 4.12. The van der Waals surface area contributed by atoms with Crippen LogP contribution in [-0.4, -0.2) is 4.57 Å². The lowest BCUT2D eigenvalue weighted by atomic mass is 10.4. The maximum absolute atomic E-state index is 2.08. The number of nitrogens with zero attached hydrogens (tertiary/aromatic N) is 1. The average molecular weight is 155 g/mol. The van der Waals surface area contributed by atoms with Gasteiger partial charge in [-0.3, -0.25) is 0 Å². The number of hydrogen-bond donors (Lipinski definition) is 0. The van der Waals surface area contributed by atoms with Crippen molar-refractivity contribution in [1.29, 1.82) is 0 Å². The van der Waals surface area contributed by atoms with Crippen LogP contribution in [0.5, 0.6) is 0 Å². The maximum Gasteiger partial charge on any atom is 0.0106 e. The lowest BCUT2D eigenvalue weighted by molar-refractivity contribution is 0.925. The van der Waals surface area contributed by atoms with Crippen molar-refractivity contribution in [3.05, 3.63) is 24.0 Å². The van der Waals surface area contributed by atoms with E-state index in [9.17, 15) is 0 Å². The van der Waals surface area contributed by atoms with Gasteiger partial charge in [-0.05, 0) is 18.6 Å². The van der Waals surface area contributed by atoms with Crippen LogP contribution in [0.15, 0.2) is 18.5 Å². The largest absolute Gasteiger partial charge is 0.357 e. The fraction of sp³-hybridized carbons (Fsp3) is 0.600. The summed E-state index contributed by atoms with van der Waals surface area (Å²) in [7, 11) is 2.02. The SMILES string of the molecule is CC.CC.Cc1ccn(C)c1. The minimum Gasteiger partial charge on any atom is -0.357 e. The molecule has 1 rings (SSSR count). The van der Waals surface area contributed by atoms with Crippen molar-refractivity contribution in [2.75, 3.05) is 0 Å². The Labute approximate surface area is 71.1 Å². The van der Waals surface area contributed by atoms with Crippen molar-refractivity contribution in [2.45, 2.75) is 34.6 Å². The monoisotopic (exact) mass is 155 g/mol. The molecule has 0 spiro atoms. The molecule has 0 saturated carbocycles. The molecule has 1 nitrogen and oxygen atoms in total. The van der Waals surface area contributed by atoms with Crippen LogP contribution in [0.25, 0.3) is 0 Å². The molecule has 0 aliphatic carbocycles. The van der Waals surface area contributed by atoms with Gasteiger partial charge >= 0.3 is 0 Å². The molecule has 1 heterocycles. The van der Waals surface area contributed by atoms with Gasteiger partial charge in [0.15, 0.2) is 0 Å². The summed E-state index contributed by atoms with van der Waals surface area (Å²) in [4.78, 5) is 0. The fourth-order valence-electron chi connectivity index (χ4n) is 0.642. The minimum absolute atomic E-state index is 1.32. The van der Waals surface area contributed by atoms with Gasteiger partial charge in [0.1, 0.15) is 0 Å². The van der Waals surface area contributed by atoms with E-state index < -0.39 is 0 Å². The van der Waals surface area contributed by atoms with Gasteiger partial charge in [-0.1, -0.05) is 27.7 Å². The topological polar surface area (TPSA) is 4.93 Å². The molecule has 0 fully saturated rings. The second-order valence-corrected chi connectivity index (χ2v) is 1.85. The third kappa shape index (κ3) is 7.17. The predicted molar refractivity (Wildman–Crippen MR) is 52.8 cm³/mol. The zero-order chi connectivity index (χ0) is 9.28. The molecule has 0 aliphatic rings. The molecule has 0 atom stereocenters. The van der Waals surface area contributed by atoms with Crippen LogP contribution >= 0.6 is 0 Å². The first-order valence-corrected chi connectivity index (χ1v) is 4.37. The third-order valence-corrected chi connectivity index (χ3v) is 0.980. The Kier molecular flexibility index (Phi) is 10.9. The molecule has 11 heavy (non-hydrogen) atoms. The standard InChI is InChI=1S/C6H9N.2C2H6/c1-6-3-4-7(2)5-6;2*1-2/h3-5H,1-2H3;2*1-2H3. The van der Waals surface area contributed by atoms with E-state index in [0.717, 1.165) is 0 Å². The summed E-state index contributed by atoms with van der Waals surface area (Å²) in [5, 5.41) is 0. The van der Waals surface area contributed by atoms with Crippen LogP contribution in [0.1, 0.15) is 33.3 Å². The van der Waals surface area contributed by atoms with Crippen LogP contribution in [0.2, 0.25) is 0 Å². The smallest absolute Gasteiger partial charge is 0.0106 e. The number of aromatic nitrogens is 1. The van der Waals surface area contributed by atoms with Gasteiger partial charge in [-0.15, -0.1) is 0 Å². The Hall–Kier alpha value is -0.720. The Morgan fingerprint density at radius 2 is 1.55 bits per heavy atom. The Morgan fingerprint density at radius 3 is 1.64 bits per heavy atom. The highest BCUT2D eigenvalue weighted by Gasteiger charge is 1.80. The molecule has 0 saturated heterocycles. The van der Waals surface area contributed by atoms with E-state index in [2.05, 4.69) is 19.2 Å². The molecular weight excluding hydrogens is 134 g/mol. The van der Waals surface area contributed by atoms with Crippen molar-refractivity contribution in [2.24, 2.45) is 7.05 Å². The Bertz CT molecular complexity index is 137. The highest BCUT2D eigenvalue weighted by atomic mass is 14.9. The van der Waals surface area contributed by atoms with E-state index in [0.29, 0.717) is 0 Å². The summed E-state index contributed by atoms with van der Waals surface area (Å²) in [6, 6.07) is 2.08. The lowest BCUT2D eigenvalue weighted by Crippen LogP contribution is -1.76. The van der Waals surface area contributed by atoms with E-state index in [-0.39, 0.29) is 0 Å². The molecule has 0 aromatic carbocycles. The van der Waals surface area contributed by atoms with Gasteiger partial charge in [0.25, 0.3) is 0 Å². The van der Waals surface area contributed by atoms with Crippen molar-refractivity contribution in [1.82, 2.24) is 4.57 Å². The van der Waals surface area contributed by atoms with Crippen LogP contribution in [0.4, 0.5) is 0 Å². The summed E-state index contributed by atoms with van der Waals surface area (Å²) in [5.41, 5.74) is 1.32. The first kappa shape index (κ1) is 12.9. The highest BCUT2D eigenvalue weighted by molar-refractivity contribution is 5.06. The van der Waals surface area contributed by atoms with Gasteiger partial charge in [0.2, 0.25) is 0 Å². The molecule has 0 N–H and O–H groups in total. The predicted octanol–water partition coefficient (Wildman–Crippen LogP) is 3.39. The molecule has 1 heteroatoms.